The summed E-state index contributed by atoms with van der Waals surface area (Å²) in [4.78, 5) is 19.1. The van der Waals surface area contributed by atoms with Crippen LogP contribution in [0.2, 0.25) is 0 Å². The topological polar surface area (TPSA) is 33.2 Å². The lowest BCUT2D eigenvalue weighted by Gasteiger charge is -2.38. The summed E-state index contributed by atoms with van der Waals surface area (Å²) in [5.74, 6) is -0.387. The fourth-order valence-electron chi connectivity index (χ4n) is 4.32. The van der Waals surface area contributed by atoms with Crippen LogP contribution in [0.25, 0.3) is 0 Å². The van der Waals surface area contributed by atoms with Crippen molar-refractivity contribution in [3.8, 4) is 0 Å². The van der Waals surface area contributed by atoms with Gasteiger partial charge in [0.05, 0.1) is 6.20 Å². The van der Waals surface area contributed by atoms with E-state index in [0.717, 1.165) is 38.4 Å². The van der Waals surface area contributed by atoms with Crippen molar-refractivity contribution in [3.63, 3.8) is 0 Å². The van der Waals surface area contributed by atoms with E-state index in [9.17, 15) is 9.18 Å². The van der Waals surface area contributed by atoms with Crippen LogP contribution in [-0.2, 0) is 6.54 Å². The lowest BCUT2D eigenvalue weighted by Crippen LogP contribution is -2.44. The summed E-state index contributed by atoms with van der Waals surface area (Å²) in [5.41, 5.74) is 1.74. The molecule has 2 fully saturated rings. The summed E-state index contributed by atoms with van der Waals surface area (Å²) in [5, 5.41) is 0. The van der Waals surface area contributed by atoms with Crippen LogP contribution in [0.5, 0.6) is 0 Å². The van der Waals surface area contributed by atoms with Gasteiger partial charge in [-0.05, 0) is 37.3 Å². The Kier molecular flexibility index (Phi) is 4.15. The number of benzene rings is 1. The second-order valence-corrected chi connectivity index (χ2v) is 6.97. The molecule has 2 aliphatic rings. The van der Waals surface area contributed by atoms with E-state index in [4.69, 9.17) is 0 Å². The molecule has 0 spiro atoms. The minimum atomic E-state index is -0.440. The van der Waals surface area contributed by atoms with E-state index in [1.807, 2.05) is 6.07 Å². The highest BCUT2D eigenvalue weighted by molar-refractivity contribution is 5.97. The van der Waals surface area contributed by atoms with Gasteiger partial charge >= 0.3 is 0 Å². The van der Waals surface area contributed by atoms with Gasteiger partial charge in [-0.1, -0.05) is 30.3 Å². The number of pyridine rings is 1. The van der Waals surface area contributed by atoms with Crippen LogP contribution in [-0.4, -0.2) is 27.8 Å². The molecular weight excluding hydrogens is 303 g/mol. The Bertz CT molecular complexity index is 719. The van der Waals surface area contributed by atoms with E-state index in [2.05, 4.69) is 34.1 Å². The van der Waals surface area contributed by atoms with Gasteiger partial charge in [0.15, 0.2) is 5.78 Å². The molecule has 2 unspecified atom stereocenters. The molecule has 24 heavy (non-hydrogen) atoms. The quantitative estimate of drug-likeness (QED) is 0.801. The SMILES string of the molecule is O=C(c1cncc(F)c1)C1CC2CCC(C1)N2Cc1ccccc1. The van der Waals surface area contributed by atoms with Crippen molar-refractivity contribution in [2.24, 2.45) is 5.92 Å². The maximum Gasteiger partial charge on any atom is 0.167 e. The van der Waals surface area contributed by atoms with Gasteiger partial charge in [0, 0.05) is 36.3 Å². The first kappa shape index (κ1) is 15.5. The lowest BCUT2D eigenvalue weighted by molar-refractivity contribution is 0.0677. The number of Topliss-reactive ketones (excluding diaryl/α,β-unsaturated/α-hetero) is 1. The van der Waals surface area contributed by atoms with Gasteiger partial charge in [0.1, 0.15) is 5.82 Å². The number of carbonyl (C=O) groups excluding carboxylic acids is 1. The highest BCUT2D eigenvalue weighted by atomic mass is 19.1. The first-order valence-corrected chi connectivity index (χ1v) is 8.65. The van der Waals surface area contributed by atoms with Crippen molar-refractivity contribution in [1.82, 2.24) is 9.88 Å². The third-order valence-electron chi connectivity index (χ3n) is 5.45. The Balaban J connectivity index is 1.47. The molecule has 2 aliphatic heterocycles. The summed E-state index contributed by atoms with van der Waals surface area (Å²) < 4.78 is 13.3. The zero-order valence-corrected chi connectivity index (χ0v) is 13.6. The van der Waals surface area contributed by atoms with E-state index < -0.39 is 5.82 Å². The molecule has 2 bridgehead atoms. The number of nitrogens with zero attached hydrogens (tertiary/aromatic N) is 2. The molecule has 0 radical (unpaired) electrons. The molecule has 0 aliphatic carbocycles. The molecule has 124 valence electrons. The van der Waals surface area contributed by atoms with Crippen LogP contribution in [0.15, 0.2) is 48.8 Å². The number of ketones is 1. The maximum absolute atomic E-state index is 13.3. The standard InChI is InChI=1S/C20H21FN2O/c21-17-8-16(11-22-12-17)20(24)15-9-18-6-7-19(10-15)23(18)13-14-4-2-1-3-5-14/h1-5,8,11-12,15,18-19H,6-7,9-10,13H2. The van der Waals surface area contributed by atoms with Crippen molar-refractivity contribution in [3.05, 3.63) is 65.7 Å². The second-order valence-electron chi connectivity index (χ2n) is 6.97. The molecule has 2 atom stereocenters. The average Bonchev–Trinajstić information content (AvgIpc) is 2.83. The van der Waals surface area contributed by atoms with Crippen LogP contribution in [0.4, 0.5) is 4.39 Å². The van der Waals surface area contributed by atoms with Crippen molar-refractivity contribution in [1.29, 1.82) is 0 Å². The van der Waals surface area contributed by atoms with E-state index in [1.54, 1.807) is 0 Å². The van der Waals surface area contributed by atoms with Gasteiger partial charge in [-0.3, -0.25) is 14.7 Å². The van der Waals surface area contributed by atoms with Gasteiger partial charge in [-0.25, -0.2) is 4.39 Å². The molecular formula is C20H21FN2O. The van der Waals surface area contributed by atoms with E-state index in [-0.39, 0.29) is 11.7 Å². The summed E-state index contributed by atoms with van der Waals surface area (Å²) in [7, 11) is 0. The molecule has 4 rings (SSSR count). The number of carbonyl (C=O) groups is 1. The number of rotatable bonds is 4. The highest BCUT2D eigenvalue weighted by Crippen LogP contribution is 2.40. The van der Waals surface area contributed by atoms with E-state index in [0.29, 0.717) is 17.6 Å². The van der Waals surface area contributed by atoms with Crippen LogP contribution in [0.3, 0.4) is 0 Å². The molecule has 3 nitrogen and oxygen atoms in total. The zero-order valence-electron chi connectivity index (χ0n) is 13.6. The summed E-state index contributed by atoms with van der Waals surface area (Å²) in [6.45, 7) is 0.957. The Morgan fingerprint density at radius 2 is 1.83 bits per heavy atom. The maximum atomic E-state index is 13.3. The van der Waals surface area contributed by atoms with Gasteiger partial charge in [-0.2, -0.15) is 0 Å². The third kappa shape index (κ3) is 2.98. The van der Waals surface area contributed by atoms with Crippen molar-refractivity contribution < 1.29 is 9.18 Å². The normalized spacial score (nSPS) is 26.5. The number of hydrogen-bond acceptors (Lipinski definition) is 3. The summed E-state index contributed by atoms with van der Waals surface area (Å²) in [6, 6.07) is 12.7. The van der Waals surface area contributed by atoms with Crippen molar-refractivity contribution in [2.45, 2.75) is 44.3 Å². The largest absolute Gasteiger partial charge is 0.294 e. The molecule has 4 heteroatoms. The first-order chi connectivity index (χ1) is 11.7. The Morgan fingerprint density at radius 1 is 1.12 bits per heavy atom. The fourth-order valence-corrected chi connectivity index (χ4v) is 4.32. The van der Waals surface area contributed by atoms with Gasteiger partial charge in [-0.15, -0.1) is 0 Å². The molecule has 1 aromatic carbocycles. The Hall–Kier alpha value is -2.07. The molecule has 0 N–H and O–H groups in total. The van der Waals surface area contributed by atoms with Crippen LogP contribution < -0.4 is 0 Å². The molecule has 3 heterocycles. The Labute approximate surface area is 141 Å². The predicted octanol–water partition coefficient (Wildman–Crippen LogP) is 3.85. The third-order valence-corrected chi connectivity index (χ3v) is 5.45. The molecule has 2 saturated heterocycles. The number of halogens is 1. The number of aromatic nitrogens is 1. The number of hydrogen-bond donors (Lipinski definition) is 0. The van der Waals surface area contributed by atoms with E-state index in [1.165, 1.54) is 17.8 Å². The van der Waals surface area contributed by atoms with Crippen LogP contribution in [0, 0.1) is 11.7 Å². The second kappa shape index (κ2) is 6.44. The molecule has 1 aromatic heterocycles. The Morgan fingerprint density at radius 3 is 2.50 bits per heavy atom. The van der Waals surface area contributed by atoms with Gasteiger partial charge in [0.25, 0.3) is 0 Å². The molecule has 0 amide bonds. The van der Waals surface area contributed by atoms with Gasteiger partial charge in [0.2, 0.25) is 0 Å². The minimum absolute atomic E-state index is 0.00174. The summed E-state index contributed by atoms with van der Waals surface area (Å²) in [6.07, 6.45) is 6.69. The monoisotopic (exact) mass is 324 g/mol. The highest BCUT2D eigenvalue weighted by Gasteiger charge is 2.42. The number of piperidine rings is 1. The zero-order chi connectivity index (χ0) is 16.5. The minimum Gasteiger partial charge on any atom is -0.294 e. The van der Waals surface area contributed by atoms with Crippen molar-refractivity contribution >= 4 is 5.78 Å². The first-order valence-electron chi connectivity index (χ1n) is 8.65. The van der Waals surface area contributed by atoms with Crippen LogP contribution in [0.1, 0.15) is 41.6 Å². The summed E-state index contributed by atoms with van der Waals surface area (Å²) >= 11 is 0. The molecule has 0 saturated carbocycles. The van der Waals surface area contributed by atoms with Gasteiger partial charge < -0.3 is 0 Å². The number of fused-ring (bicyclic) bond motifs is 2. The van der Waals surface area contributed by atoms with Crippen LogP contribution >= 0.6 is 0 Å². The lowest BCUT2D eigenvalue weighted by atomic mass is 9.85. The molecule has 2 aromatic rings. The van der Waals surface area contributed by atoms with E-state index >= 15 is 0 Å². The van der Waals surface area contributed by atoms with Crippen molar-refractivity contribution in [2.75, 3.05) is 0 Å². The predicted molar refractivity (Wildman–Crippen MR) is 90.0 cm³/mol. The smallest absolute Gasteiger partial charge is 0.167 e. The fraction of sp³-hybridized carbons (Fsp3) is 0.400. The average molecular weight is 324 g/mol.